The summed E-state index contributed by atoms with van der Waals surface area (Å²) in [5.41, 5.74) is 6.17. The number of ether oxygens (including phenoxy) is 1. The maximum atomic E-state index is 6.04. The van der Waals surface area contributed by atoms with Crippen molar-refractivity contribution in [1.29, 1.82) is 0 Å². The third-order valence-electron chi connectivity index (χ3n) is 4.83. The van der Waals surface area contributed by atoms with E-state index >= 15 is 0 Å². The highest BCUT2D eigenvalue weighted by molar-refractivity contribution is 5.01. The molecule has 2 rings (SSSR count). The van der Waals surface area contributed by atoms with E-state index in [1.165, 1.54) is 32.4 Å². The van der Waals surface area contributed by atoms with Gasteiger partial charge in [0.1, 0.15) is 0 Å². The monoisotopic (exact) mass is 226 g/mol. The fourth-order valence-electron chi connectivity index (χ4n) is 3.37. The first-order valence-corrected chi connectivity index (χ1v) is 6.79. The molecule has 94 valence electrons. The quantitative estimate of drug-likeness (QED) is 0.794. The molecule has 0 radical (unpaired) electrons. The minimum Gasteiger partial charge on any atom is -0.376 e. The zero-order valence-electron chi connectivity index (χ0n) is 10.7. The fourth-order valence-corrected chi connectivity index (χ4v) is 3.37. The number of piperidine rings is 1. The van der Waals surface area contributed by atoms with Gasteiger partial charge in [0.2, 0.25) is 0 Å². The Hall–Kier alpha value is -0.120. The molecule has 0 spiro atoms. The van der Waals surface area contributed by atoms with Crippen molar-refractivity contribution in [2.24, 2.45) is 11.7 Å². The van der Waals surface area contributed by atoms with Gasteiger partial charge in [0.05, 0.1) is 11.6 Å². The lowest BCUT2D eigenvalue weighted by atomic mass is 9.85. The van der Waals surface area contributed by atoms with Gasteiger partial charge < -0.3 is 10.5 Å². The smallest absolute Gasteiger partial charge is 0.0743 e. The first-order valence-electron chi connectivity index (χ1n) is 6.79. The molecule has 2 heterocycles. The van der Waals surface area contributed by atoms with Crippen LogP contribution in [0.2, 0.25) is 0 Å². The zero-order chi connectivity index (χ0) is 11.6. The number of hydrogen-bond donors (Lipinski definition) is 1. The molecule has 2 aliphatic heterocycles. The van der Waals surface area contributed by atoms with Gasteiger partial charge in [-0.3, -0.25) is 4.90 Å². The van der Waals surface area contributed by atoms with Gasteiger partial charge in [0, 0.05) is 13.2 Å². The van der Waals surface area contributed by atoms with Gasteiger partial charge in [-0.1, -0.05) is 13.3 Å². The van der Waals surface area contributed by atoms with Crippen LogP contribution in [0.1, 0.15) is 39.5 Å². The molecule has 3 nitrogen and oxygen atoms in total. The lowest BCUT2D eigenvalue weighted by Crippen LogP contribution is -2.60. The summed E-state index contributed by atoms with van der Waals surface area (Å²) in [6, 6.07) is 0. The average Bonchev–Trinajstić information content (AvgIpc) is 2.72. The third kappa shape index (κ3) is 2.01. The molecule has 0 bridgehead atoms. The molecule has 2 atom stereocenters. The summed E-state index contributed by atoms with van der Waals surface area (Å²) in [6.45, 7) is 8.54. The number of rotatable bonds is 3. The van der Waals surface area contributed by atoms with Crippen molar-refractivity contribution in [3.05, 3.63) is 0 Å². The standard InChI is InChI=1S/C13H26N2O/c1-3-12-4-7-15(8-5-12)13(10-14)6-9-16-11(13)2/h11-12H,3-10,14H2,1-2H3. The molecular formula is C13H26N2O. The highest BCUT2D eigenvalue weighted by atomic mass is 16.5. The van der Waals surface area contributed by atoms with Gasteiger partial charge in [-0.25, -0.2) is 0 Å². The Kier molecular flexibility index (Phi) is 3.88. The Morgan fingerprint density at radius 2 is 2.06 bits per heavy atom. The average molecular weight is 226 g/mol. The number of hydrogen-bond acceptors (Lipinski definition) is 3. The summed E-state index contributed by atoms with van der Waals surface area (Å²) in [5, 5.41) is 0. The lowest BCUT2D eigenvalue weighted by Gasteiger charge is -2.46. The first-order chi connectivity index (χ1) is 7.73. The van der Waals surface area contributed by atoms with Crippen LogP contribution in [0, 0.1) is 5.92 Å². The summed E-state index contributed by atoms with van der Waals surface area (Å²) in [7, 11) is 0. The van der Waals surface area contributed by atoms with E-state index in [4.69, 9.17) is 10.5 Å². The molecule has 2 N–H and O–H groups in total. The first kappa shape index (κ1) is 12.3. The van der Waals surface area contributed by atoms with Crippen molar-refractivity contribution < 1.29 is 4.74 Å². The van der Waals surface area contributed by atoms with Gasteiger partial charge in [0.25, 0.3) is 0 Å². The summed E-state index contributed by atoms with van der Waals surface area (Å²) < 4.78 is 5.74. The molecule has 2 fully saturated rings. The van der Waals surface area contributed by atoms with Crippen molar-refractivity contribution >= 4 is 0 Å². The van der Waals surface area contributed by atoms with E-state index in [1.54, 1.807) is 0 Å². The topological polar surface area (TPSA) is 38.5 Å². The van der Waals surface area contributed by atoms with E-state index in [0.29, 0.717) is 6.10 Å². The minimum atomic E-state index is 0.138. The van der Waals surface area contributed by atoms with Gasteiger partial charge in [-0.05, 0) is 45.2 Å². The second kappa shape index (κ2) is 5.03. The Labute approximate surface area is 99.3 Å². The Bertz CT molecular complexity index is 226. The van der Waals surface area contributed by atoms with Crippen LogP contribution >= 0.6 is 0 Å². The molecule has 0 saturated carbocycles. The molecule has 0 amide bonds. The normalized spacial score (nSPS) is 38.1. The third-order valence-corrected chi connectivity index (χ3v) is 4.83. The van der Waals surface area contributed by atoms with Crippen molar-refractivity contribution in [3.63, 3.8) is 0 Å². The molecule has 2 aliphatic rings. The minimum absolute atomic E-state index is 0.138. The van der Waals surface area contributed by atoms with Crippen molar-refractivity contribution in [2.45, 2.75) is 51.2 Å². The van der Waals surface area contributed by atoms with E-state index in [9.17, 15) is 0 Å². The van der Waals surface area contributed by atoms with Crippen LogP contribution in [-0.2, 0) is 4.74 Å². The maximum Gasteiger partial charge on any atom is 0.0743 e. The molecule has 0 aromatic heterocycles. The Balaban J connectivity index is 2.00. The number of likely N-dealkylation sites (tertiary alicyclic amines) is 1. The molecule has 2 unspecified atom stereocenters. The zero-order valence-corrected chi connectivity index (χ0v) is 10.7. The van der Waals surface area contributed by atoms with Crippen LogP contribution < -0.4 is 5.73 Å². The molecule has 0 aliphatic carbocycles. The van der Waals surface area contributed by atoms with E-state index < -0.39 is 0 Å². The van der Waals surface area contributed by atoms with Gasteiger partial charge in [-0.2, -0.15) is 0 Å². The molecular weight excluding hydrogens is 200 g/mol. The van der Waals surface area contributed by atoms with E-state index in [0.717, 1.165) is 25.5 Å². The number of nitrogens with zero attached hydrogens (tertiary/aromatic N) is 1. The second-order valence-electron chi connectivity index (χ2n) is 5.41. The molecule has 3 heteroatoms. The largest absolute Gasteiger partial charge is 0.376 e. The number of nitrogens with two attached hydrogens (primary N) is 1. The predicted octanol–water partition coefficient (Wildman–Crippen LogP) is 1.61. The van der Waals surface area contributed by atoms with Crippen LogP contribution in [0.5, 0.6) is 0 Å². The predicted molar refractivity (Wildman–Crippen MR) is 66.4 cm³/mol. The van der Waals surface area contributed by atoms with E-state index in [2.05, 4.69) is 18.7 Å². The highest BCUT2D eigenvalue weighted by Crippen LogP contribution is 2.34. The Morgan fingerprint density at radius 3 is 2.50 bits per heavy atom. The SMILES string of the molecule is CCC1CCN(C2(CN)CCOC2C)CC1. The summed E-state index contributed by atoms with van der Waals surface area (Å²) in [6.07, 6.45) is 5.42. The summed E-state index contributed by atoms with van der Waals surface area (Å²) in [5.74, 6) is 0.934. The van der Waals surface area contributed by atoms with E-state index in [-0.39, 0.29) is 5.54 Å². The van der Waals surface area contributed by atoms with Crippen molar-refractivity contribution in [3.8, 4) is 0 Å². The van der Waals surface area contributed by atoms with Crippen molar-refractivity contribution in [2.75, 3.05) is 26.2 Å². The summed E-state index contributed by atoms with van der Waals surface area (Å²) >= 11 is 0. The molecule has 16 heavy (non-hydrogen) atoms. The van der Waals surface area contributed by atoms with Gasteiger partial charge in [-0.15, -0.1) is 0 Å². The maximum absolute atomic E-state index is 6.04. The Morgan fingerprint density at radius 1 is 1.38 bits per heavy atom. The van der Waals surface area contributed by atoms with Crippen LogP contribution in [0.4, 0.5) is 0 Å². The fraction of sp³-hybridized carbons (Fsp3) is 1.00. The molecule has 0 aromatic carbocycles. The second-order valence-corrected chi connectivity index (χ2v) is 5.41. The summed E-state index contributed by atoms with van der Waals surface area (Å²) in [4.78, 5) is 2.61. The molecule has 2 saturated heterocycles. The van der Waals surface area contributed by atoms with Gasteiger partial charge >= 0.3 is 0 Å². The van der Waals surface area contributed by atoms with Crippen LogP contribution in [-0.4, -0.2) is 42.8 Å². The van der Waals surface area contributed by atoms with E-state index in [1.807, 2.05) is 0 Å². The van der Waals surface area contributed by atoms with Gasteiger partial charge in [0.15, 0.2) is 0 Å². The highest BCUT2D eigenvalue weighted by Gasteiger charge is 2.45. The molecule has 0 aromatic rings. The van der Waals surface area contributed by atoms with Crippen molar-refractivity contribution in [1.82, 2.24) is 4.90 Å². The van der Waals surface area contributed by atoms with Crippen LogP contribution in [0.25, 0.3) is 0 Å². The van der Waals surface area contributed by atoms with Crippen LogP contribution in [0.3, 0.4) is 0 Å². The van der Waals surface area contributed by atoms with Crippen LogP contribution in [0.15, 0.2) is 0 Å². The lowest BCUT2D eigenvalue weighted by molar-refractivity contribution is -0.00381.